The van der Waals surface area contributed by atoms with Crippen molar-refractivity contribution >= 4 is 113 Å². The van der Waals surface area contributed by atoms with Crippen LogP contribution >= 0.6 is 21.4 Å². The second-order valence-corrected chi connectivity index (χ2v) is 21.6. The lowest BCUT2D eigenvalue weighted by atomic mass is 9.93. The third kappa shape index (κ3) is 15.7. The molecule has 8 rings (SSSR count). The van der Waals surface area contributed by atoms with Gasteiger partial charge in [-0.05, 0) is 104 Å². The van der Waals surface area contributed by atoms with Gasteiger partial charge in [0.1, 0.15) is 6.73 Å². The van der Waals surface area contributed by atoms with Crippen LogP contribution in [0.1, 0.15) is 121 Å². The minimum Gasteiger partial charge on any atom is -0.395 e. The van der Waals surface area contributed by atoms with E-state index in [1.807, 2.05) is 77.9 Å². The van der Waals surface area contributed by atoms with E-state index in [1.165, 1.54) is 58.3 Å². The lowest BCUT2D eigenvalue weighted by Crippen LogP contribution is -2.40. The van der Waals surface area contributed by atoms with Gasteiger partial charge >= 0.3 is 0 Å². The summed E-state index contributed by atoms with van der Waals surface area (Å²) < 4.78 is 44.2. The molecule has 76 heavy (non-hydrogen) atoms. The first kappa shape index (κ1) is 61.9. The molecule has 5 amide bonds. The fourth-order valence-corrected chi connectivity index (χ4v) is 9.59. The van der Waals surface area contributed by atoms with Gasteiger partial charge in [0.2, 0.25) is 5.91 Å². The summed E-state index contributed by atoms with van der Waals surface area (Å²) in [5.41, 5.74) is 4.90. The zero-order valence-corrected chi connectivity index (χ0v) is 46.6. The number of carbonyl (C=O) groups is 5. The minimum atomic E-state index is -3.81. The van der Waals surface area contributed by atoms with Crippen molar-refractivity contribution in [3.63, 3.8) is 0 Å². The third-order valence-electron chi connectivity index (χ3n) is 11.6. The molecule has 6 aromatic rings. The Morgan fingerprint density at radius 1 is 0.513 bits per heavy atom. The van der Waals surface area contributed by atoms with Gasteiger partial charge in [-0.25, -0.2) is 16.8 Å². The van der Waals surface area contributed by atoms with E-state index in [2.05, 4.69) is 21.3 Å². The molecule has 0 bridgehead atoms. The van der Waals surface area contributed by atoms with E-state index in [-0.39, 0.29) is 59.1 Å². The number of nitrogens with zero attached hydrogens (tertiary/aromatic N) is 2. The van der Waals surface area contributed by atoms with Gasteiger partial charge in [-0.3, -0.25) is 33.8 Å². The highest BCUT2D eigenvalue weighted by atomic mass is 35.7. The average molecular weight is 1120 g/mol. The molecule has 0 radical (unpaired) electrons. The number of unbranched alkanes of at least 4 members (excludes halogenated alkanes) is 2. The largest absolute Gasteiger partial charge is 0.395 e. The standard InChI is InChI=1S/C26H26ClN3O5S.C18H20N2O3.C7H8ClNO3S.2C2H6/c1-2-3-16-30-25(32)20-7-4-6-19-22(14-13-21(24(19)20)26(30)33)28-15-5-8-23(31)29-17-9-11-18(12-10-17)36(27,34)35;1-2-3-10-20-17(22)13-6-4-5-12-15(19-9-11-21)8-7-14(16(12)13)18(20)23;8-13(11,12)7-3-1-6(2-4-7)9-5-10;2*1-2/h4,6-7,9-14,28H,2-3,5,8,15-16H2,1H3,(H,29,31);4-8,19,21H,2-3,9-11H2,1H3;1-4,9-10H,5H2;2*1-2H3. The van der Waals surface area contributed by atoms with Gasteiger partial charge in [0, 0.05) is 121 Å². The van der Waals surface area contributed by atoms with E-state index >= 15 is 0 Å². The van der Waals surface area contributed by atoms with Crippen molar-refractivity contribution in [1.29, 1.82) is 0 Å². The number of carbonyl (C=O) groups excluding carboxylic acids is 5. The molecule has 0 aromatic heterocycles. The molecule has 0 spiro atoms. The number of rotatable bonds is 19. The summed E-state index contributed by atoms with van der Waals surface area (Å²) in [5, 5.41) is 32.2. The molecule has 2 aliphatic rings. The Kier molecular flexibility index (Phi) is 24.1. The number of aliphatic hydroxyl groups is 2. The molecule has 0 saturated carbocycles. The molecule has 408 valence electrons. The first-order valence-corrected chi connectivity index (χ1v) is 29.7. The van der Waals surface area contributed by atoms with Crippen molar-refractivity contribution in [3.05, 3.63) is 131 Å². The molecule has 0 aliphatic carbocycles. The summed E-state index contributed by atoms with van der Waals surface area (Å²) in [5.74, 6) is -1.19. The van der Waals surface area contributed by atoms with Crippen molar-refractivity contribution in [2.75, 3.05) is 60.8 Å². The van der Waals surface area contributed by atoms with Crippen LogP contribution in [0.15, 0.2) is 119 Å². The fraction of sp³-hybridized carbons (Fsp3) is 0.327. The maximum absolute atomic E-state index is 13.0. The number of amides is 5. The molecule has 6 aromatic carbocycles. The predicted molar refractivity (Wildman–Crippen MR) is 303 cm³/mol. The fourth-order valence-electron chi connectivity index (χ4n) is 8.05. The van der Waals surface area contributed by atoms with Crippen molar-refractivity contribution < 1.29 is 51.0 Å². The summed E-state index contributed by atoms with van der Waals surface area (Å²) in [6.07, 6.45) is 4.16. The summed E-state index contributed by atoms with van der Waals surface area (Å²) >= 11 is 0. The van der Waals surface area contributed by atoms with Crippen LogP contribution in [0.5, 0.6) is 0 Å². The Hall–Kier alpha value is -6.61. The summed E-state index contributed by atoms with van der Waals surface area (Å²) in [7, 11) is 2.92. The molecule has 0 atom stereocenters. The summed E-state index contributed by atoms with van der Waals surface area (Å²) in [6.45, 7) is 13.6. The topological polar surface area (TPSA) is 249 Å². The highest BCUT2D eigenvalue weighted by Crippen LogP contribution is 2.36. The molecule has 0 fully saturated rings. The summed E-state index contributed by atoms with van der Waals surface area (Å²) in [4.78, 5) is 66.3. The van der Waals surface area contributed by atoms with Crippen LogP contribution in [-0.2, 0) is 22.9 Å². The Morgan fingerprint density at radius 2 is 0.908 bits per heavy atom. The second kappa shape index (κ2) is 29.6. The smallest absolute Gasteiger partial charge is 0.261 e. The monoisotopic (exact) mass is 1120 g/mol. The first-order chi connectivity index (χ1) is 36.4. The molecule has 17 nitrogen and oxygen atoms in total. The zero-order valence-electron chi connectivity index (χ0n) is 43.4. The van der Waals surface area contributed by atoms with E-state index in [1.54, 1.807) is 24.3 Å². The van der Waals surface area contributed by atoms with Gasteiger partial charge < -0.3 is 31.5 Å². The van der Waals surface area contributed by atoms with E-state index in [0.29, 0.717) is 77.0 Å². The number of hydrogen-bond donors (Lipinski definition) is 6. The maximum atomic E-state index is 13.0. The number of imide groups is 2. The van der Waals surface area contributed by atoms with Crippen molar-refractivity contribution in [2.24, 2.45) is 0 Å². The van der Waals surface area contributed by atoms with E-state index < -0.39 is 18.1 Å². The van der Waals surface area contributed by atoms with E-state index in [4.69, 9.17) is 31.6 Å². The molecule has 21 heteroatoms. The van der Waals surface area contributed by atoms with E-state index in [0.717, 1.165) is 47.8 Å². The molecule has 0 saturated heterocycles. The number of halogens is 2. The Bertz CT molecular complexity index is 3170. The van der Waals surface area contributed by atoms with Crippen molar-refractivity contribution in [1.82, 2.24) is 9.80 Å². The third-order valence-corrected chi connectivity index (χ3v) is 14.4. The average Bonchev–Trinajstić information content (AvgIpc) is 3.42. The number of aliphatic hydroxyl groups excluding tert-OH is 2. The lowest BCUT2D eigenvalue weighted by molar-refractivity contribution is -0.116. The van der Waals surface area contributed by atoms with Crippen LogP contribution in [0.25, 0.3) is 21.5 Å². The number of benzene rings is 6. The van der Waals surface area contributed by atoms with Gasteiger partial charge in [0.05, 0.1) is 16.4 Å². The molecule has 2 heterocycles. The highest BCUT2D eigenvalue weighted by molar-refractivity contribution is 8.14. The number of nitrogens with one attached hydrogen (secondary N) is 4. The van der Waals surface area contributed by atoms with Crippen LogP contribution in [-0.4, -0.2) is 106 Å². The normalized spacial score (nSPS) is 12.5. The molecule has 0 unspecified atom stereocenters. The van der Waals surface area contributed by atoms with Crippen LogP contribution in [0.3, 0.4) is 0 Å². The van der Waals surface area contributed by atoms with Crippen LogP contribution < -0.4 is 21.3 Å². The van der Waals surface area contributed by atoms with Gasteiger partial charge in [0.15, 0.2) is 0 Å². The molecule has 2 aliphatic heterocycles. The molecule has 6 N–H and O–H groups in total. The van der Waals surface area contributed by atoms with Gasteiger partial charge in [-0.2, -0.15) is 0 Å². The zero-order chi connectivity index (χ0) is 56.2. The SMILES string of the molecule is CC.CC.CCCCN1C(=O)c2cccc3c(NCCCC(=O)Nc4ccc(S(=O)(=O)Cl)cc4)ccc(c23)C1=O.CCCCN1C(=O)c2cccc3c(NCCO)ccc(c23)C1=O.O=S(=O)(Cl)c1ccc(NCO)cc1. The lowest BCUT2D eigenvalue weighted by Gasteiger charge is -2.27. The molecular formula is C55H66Cl2N6O11S2. The second-order valence-electron chi connectivity index (χ2n) is 16.5. The van der Waals surface area contributed by atoms with Crippen LogP contribution in [0, 0.1) is 0 Å². The quantitative estimate of drug-likeness (QED) is 0.0191. The Labute approximate surface area is 453 Å². The number of anilines is 4. The Morgan fingerprint density at radius 3 is 1.29 bits per heavy atom. The molecular weight excluding hydrogens is 1060 g/mol. The summed E-state index contributed by atoms with van der Waals surface area (Å²) in [6, 6.07) is 29.5. The van der Waals surface area contributed by atoms with Crippen LogP contribution in [0.4, 0.5) is 22.7 Å². The first-order valence-electron chi connectivity index (χ1n) is 25.1. The van der Waals surface area contributed by atoms with Crippen molar-refractivity contribution in [2.45, 2.75) is 89.9 Å². The maximum Gasteiger partial charge on any atom is 0.261 e. The van der Waals surface area contributed by atoms with E-state index in [9.17, 15) is 40.8 Å². The van der Waals surface area contributed by atoms with Crippen LogP contribution in [0.2, 0.25) is 0 Å². The van der Waals surface area contributed by atoms with Crippen molar-refractivity contribution in [3.8, 4) is 0 Å². The predicted octanol–water partition coefficient (Wildman–Crippen LogP) is 10.7. The minimum absolute atomic E-state index is 0.0194. The van der Waals surface area contributed by atoms with Gasteiger partial charge in [-0.1, -0.05) is 78.6 Å². The number of hydrogen-bond acceptors (Lipinski definition) is 14. The highest BCUT2D eigenvalue weighted by Gasteiger charge is 2.34. The van der Waals surface area contributed by atoms with Gasteiger partial charge in [-0.15, -0.1) is 0 Å². The Balaban J connectivity index is 0.000000265. The van der Waals surface area contributed by atoms with Gasteiger partial charge in [0.25, 0.3) is 41.7 Å².